The van der Waals surface area contributed by atoms with Crippen LogP contribution in [0, 0.1) is 6.92 Å². The average Bonchev–Trinajstić information content (AvgIpc) is 3.97. The molecule has 0 unspecified atom stereocenters. The van der Waals surface area contributed by atoms with Gasteiger partial charge in [0.25, 0.3) is 0 Å². The molecular formula is C73H65N3. The summed E-state index contributed by atoms with van der Waals surface area (Å²) in [7, 11) is 0. The molecule has 0 saturated carbocycles. The Labute approximate surface area is 450 Å². The summed E-state index contributed by atoms with van der Waals surface area (Å²) in [6.07, 6.45) is 8.77. The number of rotatable bonds is 7. The molecule has 9 aromatic carbocycles. The molecule has 0 N–H and O–H groups in total. The van der Waals surface area contributed by atoms with Crippen molar-refractivity contribution >= 4 is 45.5 Å². The lowest BCUT2D eigenvalue weighted by Crippen LogP contribution is -2.38. The summed E-state index contributed by atoms with van der Waals surface area (Å²) in [4.78, 5) is 7.60. The van der Waals surface area contributed by atoms with Gasteiger partial charge in [0.1, 0.15) is 0 Å². The topological polar surface area (TPSA) is 9.72 Å². The number of para-hydroxylation sites is 2. The normalized spacial score (nSPS) is 16.8. The highest BCUT2D eigenvalue weighted by atomic mass is 15.2. The van der Waals surface area contributed by atoms with Crippen LogP contribution in [0.1, 0.15) is 118 Å². The second-order valence-corrected chi connectivity index (χ2v) is 24.2. The third kappa shape index (κ3) is 6.67. The fourth-order valence-electron chi connectivity index (χ4n) is 14.1. The number of benzene rings is 9. The molecule has 0 radical (unpaired) electrons. The zero-order valence-corrected chi connectivity index (χ0v) is 45.4. The van der Waals surface area contributed by atoms with Crippen molar-refractivity contribution < 1.29 is 0 Å². The van der Waals surface area contributed by atoms with Crippen LogP contribution < -0.4 is 14.7 Å². The second kappa shape index (κ2) is 16.4. The standard InChI is InChI=1S/C73H65N3/c1-46-28-36-56-58-38-35-53(43-63(58)72(6,7)61(56)40-46)75(52-34-37-57-55-24-16-17-25-59(55)70(2,3)62(57)42-52)54-44-65-69-66(45-54)73(8,9)64-41-48(31-39-68(64)76(69)67-27-19-18-26-60(67)71(65,4)5)47-29-32-51(33-30-47)74(49-20-12-10-13-21-49)50-22-14-11-15-23-50/h10-14,16-22,24-45H,15,23H2,1-9H3. The maximum Gasteiger partial charge on any atom is 0.0545 e. The van der Waals surface area contributed by atoms with E-state index in [1.807, 2.05) is 0 Å². The molecule has 5 aliphatic rings. The summed E-state index contributed by atoms with van der Waals surface area (Å²) in [6, 6.07) is 72.1. The van der Waals surface area contributed by atoms with Crippen molar-refractivity contribution in [2.75, 3.05) is 14.7 Å². The van der Waals surface area contributed by atoms with E-state index in [0.717, 1.165) is 12.8 Å². The Balaban J connectivity index is 0.954. The van der Waals surface area contributed by atoms with Crippen LogP contribution in [0.25, 0.3) is 33.4 Å². The molecule has 0 amide bonds. The van der Waals surface area contributed by atoms with Gasteiger partial charge in [0.15, 0.2) is 0 Å². The maximum atomic E-state index is 2.60. The Bertz CT molecular complexity index is 3950. The van der Waals surface area contributed by atoms with E-state index in [2.05, 4.69) is 283 Å². The van der Waals surface area contributed by atoms with Gasteiger partial charge in [-0.2, -0.15) is 0 Å². The van der Waals surface area contributed by atoms with Crippen molar-refractivity contribution in [2.24, 2.45) is 0 Å². The van der Waals surface area contributed by atoms with Crippen LogP contribution >= 0.6 is 0 Å². The van der Waals surface area contributed by atoms with E-state index < -0.39 is 0 Å². The van der Waals surface area contributed by atoms with Crippen LogP contribution in [0.2, 0.25) is 0 Å². The number of hydrogen-bond acceptors (Lipinski definition) is 3. The van der Waals surface area contributed by atoms with E-state index in [-0.39, 0.29) is 21.7 Å². The lowest BCUT2D eigenvalue weighted by molar-refractivity contribution is 0.597. The van der Waals surface area contributed by atoms with Gasteiger partial charge in [0.05, 0.1) is 17.1 Å². The van der Waals surface area contributed by atoms with Crippen molar-refractivity contribution in [3.63, 3.8) is 0 Å². The molecule has 0 aromatic heterocycles. The van der Waals surface area contributed by atoms with Gasteiger partial charge < -0.3 is 14.7 Å². The van der Waals surface area contributed by atoms with E-state index in [9.17, 15) is 0 Å². The molecule has 0 saturated heterocycles. The van der Waals surface area contributed by atoms with E-state index in [0.29, 0.717) is 0 Å². The number of nitrogens with zero attached hydrogens (tertiary/aromatic N) is 3. The molecule has 76 heavy (non-hydrogen) atoms. The van der Waals surface area contributed by atoms with E-state index in [1.165, 1.54) is 135 Å². The predicted octanol–water partition coefficient (Wildman–Crippen LogP) is 19.9. The maximum absolute atomic E-state index is 2.60. The van der Waals surface area contributed by atoms with Crippen molar-refractivity contribution in [1.29, 1.82) is 0 Å². The van der Waals surface area contributed by atoms with E-state index >= 15 is 0 Å². The highest BCUT2D eigenvalue weighted by Gasteiger charge is 2.47. The predicted molar refractivity (Wildman–Crippen MR) is 320 cm³/mol. The number of aryl methyl sites for hydroxylation is 1. The molecule has 372 valence electrons. The van der Waals surface area contributed by atoms with Gasteiger partial charge in [-0.15, -0.1) is 0 Å². The number of allylic oxidation sites excluding steroid dienone is 4. The molecule has 14 rings (SSSR count). The smallest absolute Gasteiger partial charge is 0.0545 e. The van der Waals surface area contributed by atoms with Crippen LogP contribution in [0.3, 0.4) is 0 Å². The van der Waals surface area contributed by atoms with Crippen molar-refractivity contribution in [3.05, 3.63) is 262 Å². The molecule has 3 aliphatic carbocycles. The van der Waals surface area contributed by atoms with Gasteiger partial charge in [-0.25, -0.2) is 0 Å². The van der Waals surface area contributed by atoms with Gasteiger partial charge in [-0.05, 0) is 183 Å². The molecule has 9 aromatic rings. The van der Waals surface area contributed by atoms with Crippen LogP contribution in [0.4, 0.5) is 45.5 Å². The first kappa shape index (κ1) is 46.4. The zero-order valence-electron chi connectivity index (χ0n) is 45.4. The molecule has 2 aliphatic heterocycles. The molecule has 3 nitrogen and oxygen atoms in total. The molecule has 0 atom stereocenters. The van der Waals surface area contributed by atoms with Gasteiger partial charge in [-0.1, -0.05) is 182 Å². The molecule has 0 spiro atoms. The summed E-state index contributed by atoms with van der Waals surface area (Å²) in [5.74, 6) is 0. The minimum atomic E-state index is -0.373. The van der Waals surface area contributed by atoms with Crippen molar-refractivity contribution in [3.8, 4) is 33.4 Å². The average molecular weight is 984 g/mol. The number of fused-ring (bicyclic) bond motifs is 10. The van der Waals surface area contributed by atoms with E-state index in [1.54, 1.807) is 0 Å². The van der Waals surface area contributed by atoms with Crippen LogP contribution in [0.5, 0.6) is 0 Å². The fourth-order valence-corrected chi connectivity index (χ4v) is 14.1. The van der Waals surface area contributed by atoms with Crippen molar-refractivity contribution in [1.82, 2.24) is 0 Å². The third-order valence-corrected chi connectivity index (χ3v) is 18.3. The van der Waals surface area contributed by atoms with E-state index in [4.69, 9.17) is 0 Å². The Kier molecular flexibility index (Phi) is 10.0. The fraction of sp³-hybridized carbons (Fsp3) is 0.205. The quantitative estimate of drug-likeness (QED) is 0.158. The van der Waals surface area contributed by atoms with Gasteiger partial charge >= 0.3 is 0 Å². The Hall–Kier alpha value is -8.14. The van der Waals surface area contributed by atoms with Gasteiger partial charge in [-0.3, -0.25) is 0 Å². The highest BCUT2D eigenvalue weighted by Crippen LogP contribution is 2.62. The monoisotopic (exact) mass is 984 g/mol. The molecule has 2 heterocycles. The zero-order chi connectivity index (χ0) is 52.0. The van der Waals surface area contributed by atoms with Gasteiger partial charge in [0.2, 0.25) is 0 Å². The molecule has 3 heteroatoms. The number of hydrogen-bond donors (Lipinski definition) is 0. The van der Waals surface area contributed by atoms with Crippen LogP contribution in [0.15, 0.2) is 212 Å². The minimum absolute atomic E-state index is 0.156. The SMILES string of the molecule is Cc1ccc2c(c1)C(C)(C)c1cc(N(c3ccc4c(c3)C(C)(C)c3ccccc3-4)c3cc4c5c(c3)C(C)(C)c3cc(-c6ccc(N(C7=CC=CCC7)c7ccccc7)cc6)ccc3N5c3ccccc3C4(C)C)ccc1-2. The lowest BCUT2D eigenvalue weighted by Gasteiger charge is -2.50. The Morgan fingerprint density at radius 3 is 1.54 bits per heavy atom. The summed E-state index contributed by atoms with van der Waals surface area (Å²) in [5, 5.41) is 0. The Morgan fingerprint density at radius 1 is 0.368 bits per heavy atom. The molecular weight excluding hydrogens is 919 g/mol. The Morgan fingerprint density at radius 2 is 0.868 bits per heavy atom. The minimum Gasteiger partial charge on any atom is -0.314 e. The lowest BCUT2D eigenvalue weighted by atomic mass is 9.66. The van der Waals surface area contributed by atoms with Crippen LogP contribution in [-0.2, 0) is 21.7 Å². The van der Waals surface area contributed by atoms with Gasteiger partial charge in [0, 0.05) is 55.8 Å². The first-order valence-electron chi connectivity index (χ1n) is 27.5. The molecule has 0 bridgehead atoms. The second-order valence-electron chi connectivity index (χ2n) is 24.2. The summed E-state index contributed by atoms with van der Waals surface area (Å²) in [6.45, 7) is 21.6. The summed E-state index contributed by atoms with van der Waals surface area (Å²) >= 11 is 0. The summed E-state index contributed by atoms with van der Waals surface area (Å²) < 4.78 is 0. The first-order chi connectivity index (χ1) is 36.6. The number of anilines is 8. The highest BCUT2D eigenvalue weighted by molar-refractivity contribution is 5.97. The summed E-state index contributed by atoms with van der Waals surface area (Å²) in [5.41, 5.74) is 29.9. The van der Waals surface area contributed by atoms with Crippen LogP contribution in [-0.4, -0.2) is 0 Å². The first-order valence-corrected chi connectivity index (χ1v) is 27.5. The molecule has 0 fully saturated rings. The van der Waals surface area contributed by atoms with Crippen molar-refractivity contribution in [2.45, 2.75) is 96.8 Å². The third-order valence-electron chi connectivity index (χ3n) is 18.3. The largest absolute Gasteiger partial charge is 0.314 e.